The molecule has 1 rings (SSSR count). The van der Waals surface area contributed by atoms with Gasteiger partial charge in [0.05, 0.1) is 5.75 Å². The second-order valence-electron chi connectivity index (χ2n) is 4.60. The van der Waals surface area contributed by atoms with Crippen molar-refractivity contribution in [1.29, 1.82) is 0 Å². The molecule has 0 unspecified atom stereocenters. The van der Waals surface area contributed by atoms with Crippen LogP contribution in [0.4, 0.5) is 0 Å². The highest BCUT2D eigenvalue weighted by molar-refractivity contribution is 7.99. The number of hydrogen-bond acceptors (Lipinski definition) is 3. The maximum Gasteiger partial charge on any atom is 0.233 e. The molecule has 0 radical (unpaired) electrons. The minimum Gasteiger partial charge on any atom is -0.337 e. The van der Waals surface area contributed by atoms with E-state index in [1.807, 2.05) is 50.4 Å². The first-order chi connectivity index (χ1) is 7.93. The molecule has 0 fully saturated rings. The molecule has 4 nitrogen and oxygen atoms in total. The first kappa shape index (κ1) is 14.1. The summed E-state index contributed by atoms with van der Waals surface area (Å²) in [5, 5.41) is 0.880. The fourth-order valence-corrected chi connectivity index (χ4v) is 2.67. The standard InChI is InChI=1S/C12H21N3OS/c1-9(2)15(10(3)4)11(16)8-17-12-13-6-7-14(12)5/h6-7,9-10H,8H2,1-5H3. The van der Waals surface area contributed by atoms with Gasteiger partial charge in [0.2, 0.25) is 5.91 Å². The number of thioether (sulfide) groups is 1. The van der Waals surface area contributed by atoms with Gasteiger partial charge in [-0.25, -0.2) is 4.98 Å². The Labute approximate surface area is 107 Å². The summed E-state index contributed by atoms with van der Waals surface area (Å²) in [6.45, 7) is 8.18. The number of rotatable bonds is 5. The predicted molar refractivity (Wildman–Crippen MR) is 71.1 cm³/mol. The first-order valence-electron chi connectivity index (χ1n) is 5.84. The zero-order valence-electron chi connectivity index (χ0n) is 11.2. The maximum atomic E-state index is 12.1. The monoisotopic (exact) mass is 255 g/mol. The summed E-state index contributed by atoms with van der Waals surface area (Å²) in [5.74, 6) is 0.615. The molecule has 0 saturated heterocycles. The summed E-state index contributed by atoms with van der Waals surface area (Å²) >= 11 is 1.49. The van der Waals surface area contributed by atoms with Gasteiger partial charge in [-0.2, -0.15) is 0 Å². The third kappa shape index (κ3) is 3.77. The van der Waals surface area contributed by atoms with E-state index < -0.39 is 0 Å². The topological polar surface area (TPSA) is 38.1 Å². The van der Waals surface area contributed by atoms with E-state index in [1.165, 1.54) is 11.8 Å². The highest BCUT2D eigenvalue weighted by Crippen LogP contribution is 2.16. The average Bonchev–Trinajstić information content (AvgIpc) is 2.59. The molecule has 0 spiro atoms. The van der Waals surface area contributed by atoms with Gasteiger partial charge in [-0.3, -0.25) is 4.79 Å². The van der Waals surface area contributed by atoms with Crippen LogP contribution in [0.1, 0.15) is 27.7 Å². The SMILES string of the molecule is CC(C)N(C(=O)CSc1nccn1C)C(C)C. The molecular formula is C12H21N3OS. The van der Waals surface area contributed by atoms with Gasteiger partial charge in [-0.15, -0.1) is 0 Å². The van der Waals surface area contributed by atoms with E-state index in [1.54, 1.807) is 6.20 Å². The second kappa shape index (κ2) is 6.10. The minimum atomic E-state index is 0.169. The van der Waals surface area contributed by atoms with E-state index in [0.29, 0.717) is 5.75 Å². The Hall–Kier alpha value is -0.970. The van der Waals surface area contributed by atoms with E-state index >= 15 is 0 Å². The number of imidazole rings is 1. The predicted octanol–water partition coefficient (Wildman–Crippen LogP) is 2.16. The van der Waals surface area contributed by atoms with Crippen molar-refractivity contribution in [2.45, 2.75) is 44.9 Å². The number of carbonyl (C=O) groups excluding carboxylic acids is 1. The Kier molecular flexibility index (Phi) is 5.05. The quantitative estimate of drug-likeness (QED) is 0.757. The zero-order valence-corrected chi connectivity index (χ0v) is 12.0. The number of amides is 1. The molecule has 1 aromatic rings. The van der Waals surface area contributed by atoms with Gasteiger partial charge in [0.1, 0.15) is 0 Å². The van der Waals surface area contributed by atoms with E-state index in [-0.39, 0.29) is 18.0 Å². The summed E-state index contributed by atoms with van der Waals surface area (Å²) in [5.41, 5.74) is 0. The van der Waals surface area contributed by atoms with Crippen molar-refractivity contribution < 1.29 is 4.79 Å². The molecule has 5 heteroatoms. The van der Waals surface area contributed by atoms with Crippen LogP contribution >= 0.6 is 11.8 Å². The Bertz CT molecular complexity index is 366. The molecule has 0 N–H and O–H groups in total. The normalized spacial score (nSPS) is 11.2. The number of aromatic nitrogens is 2. The van der Waals surface area contributed by atoms with Crippen molar-refractivity contribution in [2.75, 3.05) is 5.75 Å². The molecule has 0 aliphatic carbocycles. The summed E-state index contributed by atoms with van der Waals surface area (Å²) in [7, 11) is 1.93. The van der Waals surface area contributed by atoms with Crippen LogP contribution in [0.5, 0.6) is 0 Å². The molecule has 17 heavy (non-hydrogen) atoms. The number of carbonyl (C=O) groups is 1. The van der Waals surface area contributed by atoms with Crippen LogP contribution < -0.4 is 0 Å². The van der Waals surface area contributed by atoms with Crippen molar-refractivity contribution >= 4 is 17.7 Å². The van der Waals surface area contributed by atoms with Gasteiger partial charge in [-0.05, 0) is 27.7 Å². The van der Waals surface area contributed by atoms with E-state index in [0.717, 1.165) is 5.16 Å². The summed E-state index contributed by atoms with van der Waals surface area (Å²) in [6.07, 6.45) is 3.63. The van der Waals surface area contributed by atoms with Gasteiger partial charge in [0.15, 0.2) is 5.16 Å². The third-order valence-electron chi connectivity index (χ3n) is 2.50. The Morgan fingerprint density at radius 2 is 2.00 bits per heavy atom. The lowest BCUT2D eigenvalue weighted by atomic mass is 10.2. The number of aryl methyl sites for hydroxylation is 1. The summed E-state index contributed by atoms with van der Waals surface area (Å²) < 4.78 is 1.92. The fraction of sp³-hybridized carbons (Fsp3) is 0.667. The van der Waals surface area contributed by atoms with E-state index in [2.05, 4.69) is 4.98 Å². The molecule has 0 aliphatic heterocycles. The van der Waals surface area contributed by atoms with E-state index in [9.17, 15) is 4.79 Å². The molecule has 0 aliphatic rings. The highest BCUT2D eigenvalue weighted by atomic mass is 32.2. The molecule has 96 valence electrons. The molecule has 0 saturated carbocycles. The van der Waals surface area contributed by atoms with Crippen LogP contribution in [0.15, 0.2) is 17.6 Å². The third-order valence-corrected chi connectivity index (χ3v) is 3.55. The smallest absolute Gasteiger partial charge is 0.233 e. The molecule has 0 atom stereocenters. The summed E-state index contributed by atoms with van der Waals surface area (Å²) in [6, 6.07) is 0.481. The lowest BCUT2D eigenvalue weighted by Crippen LogP contribution is -2.43. The second-order valence-corrected chi connectivity index (χ2v) is 5.54. The first-order valence-corrected chi connectivity index (χ1v) is 6.83. The van der Waals surface area contributed by atoms with Gasteiger partial charge in [0, 0.05) is 31.5 Å². The van der Waals surface area contributed by atoms with Crippen LogP contribution in [0.25, 0.3) is 0 Å². The van der Waals surface area contributed by atoms with Crippen LogP contribution in [-0.2, 0) is 11.8 Å². The van der Waals surface area contributed by atoms with Gasteiger partial charge in [0.25, 0.3) is 0 Å². The van der Waals surface area contributed by atoms with Crippen molar-refractivity contribution in [3.05, 3.63) is 12.4 Å². The molecule has 0 aromatic carbocycles. The van der Waals surface area contributed by atoms with Gasteiger partial charge < -0.3 is 9.47 Å². The Morgan fingerprint density at radius 1 is 1.41 bits per heavy atom. The lowest BCUT2D eigenvalue weighted by molar-refractivity contribution is -0.131. The molecular weight excluding hydrogens is 234 g/mol. The number of hydrogen-bond donors (Lipinski definition) is 0. The fourth-order valence-electron chi connectivity index (χ4n) is 1.86. The largest absolute Gasteiger partial charge is 0.337 e. The zero-order chi connectivity index (χ0) is 13.0. The van der Waals surface area contributed by atoms with Gasteiger partial charge >= 0.3 is 0 Å². The molecule has 1 heterocycles. The highest BCUT2D eigenvalue weighted by Gasteiger charge is 2.20. The lowest BCUT2D eigenvalue weighted by Gasteiger charge is -2.30. The van der Waals surface area contributed by atoms with Crippen molar-refractivity contribution in [1.82, 2.24) is 14.5 Å². The molecule has 1 aromatic heterocycles. The van der Waals surface area contributed by atoms with Crippen molar-refractivity contribution in [3.63, 3.8) is 0 Å². The molecule has 1 amide bonds. The van der Waals surface area contributed by atoms with Gasteiger partial charge in [-0.1, -0.05) is 11.8 Å². The minimum absolute atomic E-state index is 0.169. The van der Waals surface area contributed by atoms with Crippen molar-refractivity contribution in [2.24, 2.45) is 7.05 Å². The number of nitrogens with zero attached hydrogens (tertiary/aromatic N) is 3. The summed E-state index contributed by atoms with van der Waals surface area (Å²) in [4.78, 5) is 18.2. The van der Waals surface area contributed by atoms with Crippen molar-refractivity contribution in [3.8, 4) is 0 Å². The van der Waals surface area contributed by atoms with Crippen LogP contribution in [0.2, 0.25) is 0 Å². The Morgan fingerprint density at radius 3 is 2.41 bits per heavy atom. The van der Waals surface area contributed by atoms with Crippen LogP contribution in [0, 0.1) is 0 Å². The average molecular weight is 255 g/mol. The van der Waals surface area contributed by atoms with Crippen LogP contribution in [0.3, 0.4) is 0 Å². The molecule has 0 bridgehead atoms. The Balaban J connectivity index is 2.57. The van der Waals surface area contributed by atoms with E-state index in [4.69, 9.17) is 0 Å². The maximum absolute atomic E-state index is 12.1. The van der Waals surface area contributed by atoms with Crippen LogP contribution in [-0.4, -0.2) is 38.2 Å².